The lowest BCUT2D eigenvalue weighted by atomic mass is 10.2. The number of rotatable bonds is 4. The number of aromatic nitrogens is 1. The highest BCUT2D eigenvalue weighted by Gasteiger charge is 2.11. The molecule has 0 spiro atoms. The van der Waals surface area contributed by atoms with Crippen LogP contribution in [0.4, 0.5) is 0 Å². The average Bonchev–Trinajstić information content (AvgIpc) is 2.91. The number of nitrogens with one attached hydrogen (secondary N) is 2. The Labute approximate surface area is 119 Å². The molecule has 19 heavy (non-hydrogen) atoms. The van der Waals surface area contributed by atoms with Gasteiger partial charge in [0.25, 0.3) is 0 Å². The van der Waals surface area contributed by atoms with Crippen molar-refractivity contribution in [3.8, 4) is 0 Å². The molecule has 5 heteroatoms. The van der Waals surface area contributed by atoms with E-state index in [4.69, 9.17) is 11.6 Å². The van der Waals surface area contributed by atoms with Crippen molar-refractivity contribution in [2.45, 2.75) is 32.4 Å². The van der Waals surface area contributed by atoms with Gasteiger partial charge in [-0.15, -0.1) is 0 Å². The summed E-state index contributed by atoms with van der Waals surface area (Å²) in [6.07, 6.45) is 8.28. The zero-order valence-electron chi connectivity index (χ0n) is 11.1. The average molecular weight is 279 g/mol. The lowest BCUT2D eigenvalue weighted by Crippen LogP contribution is -2.42. The first kappa shape index (κ1) is 13.9. The van der Waals surface area contributed by atoms with Gasteiger partial charge in [0.1, 0.15) is 5.15 Å². The molecule has 102 valence electrons. The van der Waals surface area contributed by atoms with Crippen LogP contribution in [0.25, 0.3) is 0 Å². The second kappa shape index (κ2) is 7.14. The highest BCUT2D eigenvalue weighted by atomic mass is 35.5. The minimum atomic E-state index is 0.459. The van der Waals surface area contributed by atoms with Crippen molar-refractivity contribution < 1.29 is 0 Å². The topological polar surface area (TPSA) is 49.3 Å². The van der Waals surface area contributed by atoms with Crippen LogP contribution >= 0.6 is 11.6 Å². The molecule has 0 aromatic carbocycles. The Morgan fingerprint density at radius 1 is 1.42 bits per heavy atom. The fourth-order valence-electron chi connectivity index (χ4n) is 1.92. The van der Waals surface area contributed by atoms with Gasteiger partial charge in [0, 0.05) is 18.8 Å². The van der Waals surface area contributed by atoms with Gasteiger partial charge in [-0.25, -0.2) is 9.98 Å². The predicted molar refractivity (Wildman–Crippen MR) is 79.4 cm³/mol. The maximum atomic E-state index is 5.76. The lowest BCUT2D eigenvalue weighted by molar-refractivity contribution is 0.633. The molecule has 0 aliphatic heterocycles. The molecular weight excluding hydrogens is 260 g/mol. The Bertz CT molecular complexity index is 445. The van der Waals surface area contributed by atoms with Crippen molar-refractivity contribution in [2.24, 2.45) is 4.99 Å². The van der Waals surface area contributed by atoms with Gasteiger partial charge in [0.15, 0.2) is 5.96 Å². The Morgan fingerprint density at radius 2 is 2.21 bits per heavy atom. The van der Waals surface area contributed by atoms with Crippen LogP contribution < -0.4 is 10.6 Å². The molecule has 0 saturated heterocycles. The summed E-state index contributed by atoms with van der Waals surface area (Å²) in [5, 5.41) is 7.19. The first-order valence-corrected chi connectivity index (χ1v) is 6.96. The smallest absolute Gasteiger partial charge is 0.191 e. The quantitative estimate of drug-likeness (QED) is 0.385. The molecule has 2 rings (SSSR count). The Kier molecular flexibility index (Phi) is 5.21. The highest BCUT2D eigenvalue weighted by Crippen LogP contribution is 2.09. The zero-order valence-corrected chi connectivity index (χ0v) is 11.8. The molecule has 0 fully saturated rings. The van der Waals surface area contributed by atoms with Crippen LogP contribution in [0.1, 0.15) is 25.3 Å². The van der Waals surface area contributed by atoms with Gasteiger partial charge >= 0.3 is 0 Å². The van der Waals surface area contributed by atoms with E-state index in [2.05, 4.69) is 39.7 Å². The molecule has 0 saturated carbocycles. The maximum absolute atomic E-state index is 5.76. The fourth-order valence-corrected chi connectivity index (χ4v) is 2.03. The summed E-state index contributed by atoms with van der Waals surface area (Å²) in [5.41, 5.74) is 1.05. The molecule has 1 aliphatic carbocycles. The number of nitrogens with zero attached hydrogens (tertiary/aromatic N) is 2. The van der Waals surface area contributed by atoms with Gasteiger partial charge < -0.3 is 10.6 Å². The molecule has 1 heterocycles. The third kappa shape index (κ3) is 4.56. The van der Waals surface area contributed by atoms with E-state index in [0.29, 0.717) is 17.7 Å². The van der Waals surface area contributed by atoms with Crippen molar-refractivity contribution in [2.75, 3.05) is 6.54 Å². The molecule has 1 aromatic rings. The van der Waals surface area contributed by atoms with Crippen LogP contribution in [-0.2, 0) is 6.54 Å². The minimum absolute atomic E-state index is 0.459. The van der Waals surface area contributed by atoms with Crippen LogP contribution in [0.3, 0.4) is 0 Å². The lowest BCUT2D eigenvalue weighted by Gasteiger charge is -2.16. The number of aliphatic imine (C=N–C) groups is 1. The summed E-state index contributed by atoms with van der Waals surface area (Å²) in [6, 6.07) is 4.19. The van der Waals surface area contributed by atoms with Crippen LogP contribution in [0, 0.1) is 0 Å². The first-order chi connectivity index (χ1) is 9.28. The normalized spacial score (nSPS) is 15.8. The van der Waals surface area contributed by atoms with Crippen LogP contribution in [0.5, 0.6) is 0 Å². The van der Waals surface area contributed by atoms with E-state index >= 15 is 0 Å². The van der Waals surface area contributed by atoms with Crippen LogP contribution in [-0.4, -0.2) is 23.5 Å². The highest BCUT2D eigenvalue weighted by molar-refractivity contribution is 6.29. The Morgan fingerprint density at radius 3 is 2.84 bits per heavy atom. The van der Waals surface area contributed by atoms with E-state index < -0.39 is 0 Å². The van der Waals surface area contributed by atoms with Gasteiger partial charge in [-0.1, -0.05) is 29.8 Å². The standard InChI is InChI=1S/C14H19ClN4/c1-2-16-14(19-12-5-3-4-6-12)18-10-11-7-8-13(15)17-9-11/h3-4,7-9,12H,2,5-6,10H2,1H3,(H2,16,18,19). The first-order valence-electron chi connectivity index (χ1n) is 6.58. The SMILES string of the molecule is CCNC(=NCc1ccc(Cl)nc1)NC1CC=CC1. The number of pyridine rings is 1. The van der Waals surface area contributed by atoms with E-state index in [1.165, 1.54) is 0 Å². The van der Waals surface area contributed by atoms with Crippen molar-refractivity contribution >= 4 is 17.6 Å². The molecule has 2 N–H and O–H groups in total. The van der Waals surface area contributed by atoms with Crippen molar-refractivity contribution in [1.82, 2.24) is 15.6 Å². The second-order valence-corrected chi connectivity index (χ2v) is 4.86. The molecular formula is C14H19ClN4. The van der Waals surface area contributed by atoms with E-state index in [1.807, 2.05) is 6.07 Å². The predicted octanol–water partition coefficient (Wildman–Crippen LogP) is 2.51. The molecule has 0 amide bonds. The van der Waals surface area contributed by atoms with E-state index in [1.54, 1.807) is 12.3 Å². The zero-order chi connectivity index (χ0) is 13.5. The van der Waals surface area contributed by atoms with Crippen molar-refractivity contribution in [1.29, 1.82) is 0 Å². The van der Waals surface area contributed by atoms with Gasteiger partial charge in [0.05, 0.1) is 6.54 Å². The van der Waals surface area contributed by atoms with Gasteiger partial charge in [0.2, 0.25) is 0 Å². The van der Waals surface area contributed by atoms with E-state index in [0.717, 1.165) is 30.9 Å². The third-order valence-corrected chi connectivity index (χ3v) is 3.12. The number of hydrogen-bond donors (Lipinski definition) is 2. The molecule has 1 aliphatic rings. The van der Waals surface area contributed by atoms with E-state index in [-0.39, 0.29) is 0 Å². The molecule has 0 unspecified atom stereocenters. The largest absolute Gasteiger partial charge is 0.357 e. The second-order valence-electron chi connectivity index (χ2n) is 4.47. The maximum Gasteiger partial charge on any atom is 0.191 e. The summed E-state index contributed by atoms with van der Waals surface area (Å²) in [7, 11) is 0. The molecule has 0 radical (unpaired) electrons. The summed E-state index contributed by atoms with van der Waals surface area (Å²) in [6.45, 7) is 3.51. The summed E-state index contributed by atoms with van der Waals surface area (Å²) < 4.78 is 0. The third-order valence-electron chi connectivity index (χ3n) is 2.90. The van der Waals surface area contributed by atoms with Crippen molar-refractivity contribution in [3.05, 3.63) is 41.2 Å². The summed E-state index contributed by atoms with van der Waals surface area (Å²) in [4.78, 5) is 8.61. The summed E-state index contributed by atoms with van der Waals surface area (Å²) >= 11 is 5.76. The van der Waals surface area contributed by atoms with Crippen molar-refractivity contribution in [3.63, 3.8) is 0 Å². The monoisotopic (exact) mass is 278 g/mol. The number of hydrogen-bond acceptors (Lipinski definition) is 2. The Hall–Kier alpha value is -1.55. The number of halogens is 1. The molecule has 1 aromatic heterocycles. The number of guanidine groups is 1. The Balaban J connectivity index is 1.93. The van der Waals surface area contributed by atoms with Crippen LogP contribution in [0.2, 0.25) is 5.15 Å². The van der Waals surface area contributed by atoms with Gasteiger partial charge in [-0.2, -0.15) is 0 Å². The molecule has 0 bridgehead atoms. The van der Waals surface area contributed by atoms with Gasteiger partial charge in [-0.3, -0.25) is 0 Å². The molecule has 4 nitrogen and oxygen atoms in total. The van der Waals surface area contributed by atoms with Crippen LogP contribution in [0.15, 0.2) is 35.5 Å². The van der Waals surface area contributed by atoms with Gasteiger partial charge in [-0.05, 0) is 31.4 Å². The van der Waals surface area contributed by atoms with E-state index in [9.17, 15) is 0 Å². The fraction of sp³-hybridized carbons (Fsp3) is 0.429. The summed E-state index contributed by atoms with van der Waals surface area (Å²) in [5.74, 6) is 0.853. The minimum Gasteiger partial charge on any atom is -0.357 e. The molecule has 0 atom stereocenters.